The summed E-state index contributed by atoms with van der Waals surface area (Å²) in [4.78, 5) is 19.8. The van der Waals surface area contributed by atoms with Crippen molar-refractivity contribution in [2.24, 2.45) is 0 Å². The molecule has 25 heavy (non-hydrogen) atoms. The van der Waals surface area contributed by atoms with Crippen molar-refractivity contribution < 1.29 is 9.32 Å². The van der Waals surface area contributed by atoms with Gasteiger partial charge in [-0.05, 0) is 29.6 Å². The Morgan fingerprint density at radius 2 is 2.08 bits per heavy atom. The third-order valence-corrected chi connectivity index (χ3v) is 5.62. The zero-order valence-electron chi connectivity index (χ0n) is 12.8. The largest absolute Gasteiger partial charge is 0.339 e. The van der Waals surface area contributed by atoms with Gasteiger partial charge in [-0.15, -0.1) is 11.3 Å². The van der Waals surface area contributed by atoms with Gasteiger partial charge in [-0.1, -0.05) is 11.2 Å². The van der Waals surface area contributed by atoms with Crippen LogP contribution in [0.5, 0.6) is 0 Å². The number of hydrogen-bond donors (Lipinski definition) is 0. The van der Waals surface area contributed by atoms with E-state index in [1.807, 2.05) is 23.6 Å². The lowest BCUT2D eigenvalue weighted by atomic mass is 9.98. The second-order valence-electron chi connectivity index (χ2n) is 5.81. The zero-order chi connectivity index (χ0) is 16.8. The van der Waals surface area contributed by atoms with Crippen molar-refractivity contribution >= 4 is 40.0 Å². The van der Waals surface area contributed by atoms with Gasteiger partial charge >= 0.3 is 0 Å². The fraction of sp³-hybridized carbons (Fsp3) is 0.188. The standard InChI is InChI=1S/C16H11N5O2S2/c22-16(9-3-4-11-12(6-9)20-25-19-11)21-7-10(8-21)15-17-14(18-23-15)13-2-1-5-24-13/h1-6,10H,7-8H2. The molecule has 0 bridgehead atoms. The molecule has 0 N–H and O–H groups in total. The van der Waals surface area contributed by atoms with Gasteiger partial charge in [-0.2, -0.15) is 13.7 Å². The first-order valence-corrected chi connectivity index (χ1v) is 9.28. The number of hydrogen-bond acceptors (Lipinski definition) is 8. The minimum atomic E-state index is -0.0101. The van der Waals surface area contributed by atoms with E-state index in [0.717, 1.165) is 27.6 Å². The van der Waals surface area contributed by atoms with E-state index in [2.05, 4.69) is 18.9 Å². The Kier molecular flexibility index (Phi) is 3.35. The highest BCUT2D eigenvalue weighted by molar-refractivity contribution is 7.13. The van der Waals surface area contributed by atoms with E-state index < -0.39 is 0 Å². The number of benzene rings is 1. The molecule has 3 aromatic heterocycles. The van der Waals surface area contributed by atoms with Crippen LogP contribution in [-0.4, -0.2) is 42.8 Å². The number of rotatable bonds is 3. The Morgan fingerprint density at radius 1 is 1.20 bits per heavy atom. The van der Waals surface area contributed by atoms with Crippen molar-refractivity contribution in [3.8, 4) is 10.7 Å². The van der Waals surface area contributed by atoms with Crippen molar-refractivity contribution in [3.63, 3.8) is 0 Å². The van der Waals surface area contributed by atoms with Crippen LogP contribution in [0.1, 0.15) is 22.2 Å². The highest BCUT2D eigenvalue weighted by Gasteiger charge is 2.36. The van der Waals surface area contributed by atoms with Crippen molar-refractivity contribution in [1.29, 1.82) is 0 Å². The lowest BCUT2D eigenvalue weighted by Crippen LogP contribution is -2.48. The third kappa shape index (κ3) is 2.52. The van der Waals surface area contributed by atoms with Gasteiger partial charge in [0.1, 0.15) is 11.0 Å². The van der Waals surface area contributed by atoms with E-state index in [-0.39, 0.29) is 11.8 Å². The predicted octanol–water partition coefficient (Wildman–Crippen LogP) is 3.04. The number of likely N-dealkylation sites (tertiary alicyclic amines) is 1. The lowest BCUT2D eigenvalue weighted by Gasteiger charge is -2.37. The number of carbonyl (C=O) groups excluding carboxylic acids is 1. The molecule has 0 atom stereocenters. The molecule has 0 unspecified atom stereocenters. The maximum atomic E-state index is 12.6. The van der Waals surface area contributed by atoms with Crippen molar-refractivity contribution in [2.75, 3.05) is 13.1 Å². The fourth-order valence-electron chi connectivity index (χ4n) is 2.81. The van der Waals surface area contributed by atoms with Gasteiger partial charge < -0.3 is 9.42 Å². The molecule has 0 saturated carbocycles. The Bertz CT molecular complexity index is 1050. The molecule has 1 aliphatic rings. The van der Waals surface area contributed by atoms with Crippen molar-refractivity contribution in [2.45, 2.75) is 5.92 Å². The number of aromatic nitrogens is 4. The number of carbonyl (C=O) groups is 1. The van der Waals surface area contributed by atoms with Crippen molar-refractivity contribution in [3.05, 3.63) is 47.2 Å². The van der Waals surface area contributed by atoms with E-state index in [4.69, 9.17) is 4.52 Å². The summed E-state index contributed by atoms with van der Waals surface area (Å²) in [6.07, 6.45) is 0. The van der Waals surface area contributed by atoms with E-state index in [9.17, 15) is 4.79 Å². The molecule has 1 amide bonds. The van der Waals surface area contributed by atoms with Gasteiger partial charge in [0.2, 0.25) is 11.7 Å². The number of fused-ring (bicyclic) bond motifs is 1. The summed E-state index contributed by atoms with van der Waals surface area (Å²) in [6, 6.07) is 9.32. The van der Waals surface area contributed by atoms with Crippen LogP contribution in [0, 0.1) is 0 Å². The van der Waals surface area contributed by atoms with Crippen LogP contribution >= 0.6 is 23.1 Å². The van der Waals surface area contributed by atoms with E-state index in [1.165, 1.54) is 0 Å². The summed E-state index contributed by atoms with van der Waals surface area (Å²) in [5, 5.41) is 6.00. The van der Waals surface area contributed by atoms with Crippen LogP contribution in [0.15, 0.2) is 40.2 Å². The highest BCUT2D eigenvalue weighted by atomic mass is 32.1. The van der Waals surface area contributed by atoms with E-state index in [1.54, 1.807) is 28.4 Å². The molecule has 1 saturated heterocycles. The molecular formula is C16H11N5O2S2. The van der Waals surface area contributed by atoms with Crippen LogP contribution in [-0.2, 0) is 0 Å². The molecule has 124 valence electrons. The quantitative estimate of drug-likeness (QED) is 0.552. The molecule has 5 rings (SSSR count). The highest BCUT2D eigenvalue weighted by Crippen LogP contribution is 2.30. The minimum absolute atomic E-state index is 0.0101. The molecule has 7 nitrogen and oxygen atoms in total. The van der Waals surface area contributed by atoms with Crippen LogP contribution in [0.4, 0.5) is 0 Å². The van der Waals surface area contributed by atoms with Crippen LogP contribution in [0.25, 0.3) is 21.7 Å². The number of thiophene rings is 1. The topological polar surface area (TPSA) is 85.0 Å². The van der Waals surface area contributed by atoms with E-state index >= 15 is 0 Å². The SMILES string of the molecule is O=C(c1ccc2nsnc2c1)N1CC(c2nc(-c3cccs3)no2)C1. The average Bonchev–Trinajstić information content (AvgIpc) is 3.33. The number of amides is 1. The fourth-order valence-corrected chi connectivity index (χ4v) is 3.97. The van der Waals surface area contributed by atoms with Crippen LogP contribution < -0.4 is 0 Å². The molecule has 4 heterocycles. The van der Waals surface area contributed by atoms with Gasteiger partial charge in [0, 0.05) is 18.7 Å². The number of nitrogens with zero attached hydrogens (tertiary/aromatic N) is 5. The molecule has 4 aromatic rings. The minimum Gasteiger partial charge on any atom is -0.339 e. The van der Waals surface area contributed by atoms with Crippen LogP contribution in [0.2, 0.25) is 0 Å². The zero-order valence-corrected chi connectivity index (χ0v) is 14.5. The Labute approximate surface area is 150 Å². The Morgan fingerprint density at radius 3 is 2.92 bits per heavy atom. The molecule has 1 aromatic carbocycles. The van der Waals surface area contributed by atoms with Crippen molar-refractivity contribution in [1.82, 2.24) is 23.8 Å². The maximum Gasteiger partial charge on any atom is 0.253 e. The summed E-state index contributed by atoms with van der Waals surface area (Å²) >= 11 is 2.72. The first-order valence-electron chi connectivity index (χ1n) is 7.67. The summed E-state index contributed by atoms with van der Waals surface area (Å²) in [7, 11) is 0. The summed E-state index contributed by atoms with van der Waals surface area (Å²) in [5.41, 5.74) is 2.20. The average molecular weight is 369 g/mol. The van der Waals surface area contributed by atoms with Gasteiger partial charge in [0.15, 0.2) is 0 Å². The molecule has 1 fully saturated rings. The summed E-state index contributed by atoms with van der Waals surface area (Å²) < 4.78 is 13.7. The van der Waals surface area contributed by atoms with Gasteiger partial charge in [-0.25, -0.2) is 0 Å². The molecule has 0 radical (unpaired) electrons. The molecule has 0 aliphatic carbocycles. The van der Waals surface area contributed by atoms with Gasteiger partial charge in [0.25, 0.3) is 5.91 Å². The van der Waals surface area contributed by atoms with Crippen LogP contribution in [0.3, 0.4) is 0 Å². The Hall–Kier alpha value is -2.65. The maximum absolute atomic E-state index is 12.6. The molecular weight excluding hydrogens is 358 g/mol. The molecule has 0 spiro atoms. The second-order valence-corrected chi connectivity index (χ2v) is 7.28. The summed E-state index contributed by atoms with van der Waals surface area (Å²) in [6.45, 7) is 1.16. The normalized spacial score (nSPS) is 14.8. The first-order chi connectivity index (χ1) is 12.3. The van der Waals surface area contributed by atoms with E-state index in [0.29, 0.717) is 30.4 Å². The summed E-state index contributed by atoms with van der Waals surface area (Å²) in [5.74, 6) is 1.28. The second kappa shape index (κ2) is 5.71. The Balaban J connectivity index is 1.29. The smallest absolute Gasteiger partial charge is 0.253 e. The molecule has 9 heteroatoms. The third-order valence-electron chi connectivity index (χ3n) is 4.20. The van der Waals surface area contributed by atoms with Gasteiger partial charge in [-0.3, -0.25) is 4.79 Å². The molecule has 1 aliphatic heterocycles. The lowest BCUT2D eigenvalue weighted by molar-refractivity contribution is 0.0569. The first kappa shape index (κ1) is 14.7. The monoisotopic (exact) mass is 369 g/mol. The van der Waals surface area contributed by atoms with Gasteiger partial charge in [0.05, 0.1) is 22.5 Å². The predicted molar refractivity (Wildman–Crippen MR) is 93.7 cm³/mol.